The fraction of sp³-hybridized carbons (Fsp3) is 0.176. The molecule has 0 saturated heterocycles. The number of benzene rings is 4. The Morgan fingerprint density at radius 2 is 1.71 bits per heavy atom. The smallest absolute Gasteiger partial charge is 0.336 e. The van der Waals surface area contributed by atoms with Gasteiger partial charge < -0.3 is 19.7 Å². The molecule has 0 aliphatic heterocycles. The molecular weight excluding hydrogens is 519 g/mol. The van der Waals surface area contributed by atoms with Crippen molar-refractivity contribution in [2.45, 2.75) is 33.4 Å². The van der Waals surface area contributed by atoms with Gasteiger partial charge in [-0.05, 0) is 73.4 Å². The van der Waals surface area contributed by atoms with Crippen molar-refractivity contribution in [1.29, 1.82) is 0 Å². The molecule has 41 heavy (non-hydrogen) atoms. The number of carbonyl (C=O) groups is 2. The third kappa shape index (κ3) is 5.31. The predicted molar refractivity (Wildman–Crippen MR) is 158 cm³/mol. The third-order valence-electron chi connectivity index (χ3n) is 7.68. The fourth-order valence-electron chi connectivity index (χ4n) is 5.33. The minimum Gasteiger partial charge on any atom is -0.493 e. The van der Waals surface area contributed by atoms with E-state index in [9.17, 15) is 19.1 Å². The first kappa shape index (κ1) is 27.6. The van der Waals surface area contributed by atoms with Crippen molar-refractivity contribution in [3.05, 3.63) is 124 Å². The molecule has 0 aliphatic rings. The van der Waals surface area contributed by atoms with Gasteiger partial charge >= 0.3 is 5.97 Å². The molecule has 5 aromatic rings. The van der Waals surface area contributed by atoms with E-state index in [4.69, 9.17) is 4.74 Å². The summed E-state index contributed by atoms with van der Waals surface area (Å²) in [4.78, 5) is 24.8. The summed E-state index contributed by atoms with van der Waals surface area (Å²) in [6.45, 7) is 6.52. The van der Waals surface area contributed by atoms with Crippen molar-refractivity contribution >= 4 is 22.8 Å². The summed E-state index contributed by atoms with van der Waals surface area (Å²) in [7, 11) is 1.41. The maximum absolute atomic E-state index is 14.2. The number of nitrogens with zero attached hydrogens (tertiary/aromatic N) is 1. The second kappa shape index (κ2) is 11.3. The maximum Gasteiger partial charge on any atom is 0.336 e. The Balaban J connectivity index is 1.39. The topological polar surface area (TPSA) is 80.6 Å². The molecule has 5 rings (SSSR count). The average Bonchev–Trinajstić information content (AvgIpc) is 3.21. The normalized spacial score (nSPS) is 11.8. The Hall–Kier alpha value is -4.91. The van der Waals surface area contributed by atoms with E-state index in [-0.39, 0.29) is 17.2 Å². The van der Waals surface area contributed by atoms with Crippen LogP contribution in [-0.2, 0) is 6.54 Å². The van der Waals surface area contributed by atoms with Gasteiger partial charge in [-0.1, -0.05) is 54.6 Å². The Morgan fingerprint density at radius 3 is 2.41 bits per heavy atom. The van der Waals surface area contributed by atoms with Crippen molar-refractivity contribution in [2.24, 2.45) is 0 Å². The van der Waals surface area contributed by atoms with E-state index in [0.717, 1.165) is 33.3 Å². The van der Waals surface area contributed by atoms with Gasteiger partial charge in [0.25, 0.3) is 5.91 Å². The molecule has 208 valence electrons. The highest BCUT2D eigenvalue weighted by Crippen LogP contribution is 2.30. The van der Waals surface area contributed by atoms with Crippen molar-refractivity contribution in [2.75, 3.05) is 7.11 Å². The molecule has 1 atom stereocenters. The van der Waals surface area contributed by atoms with Crippen LogP contribution in [0, 0.1) is 19.7 Å². The van der Waals surface area contributed by atoms with Crippen LogP contribution in [0.3, 0.4) is 0 Å². The number of aryl methyl sites for hydroxylation is 1. The van der Waals surface area contributed by atoms with E-state index in [2.05, 4.69) is 16.8 Å². The minimum atomic E-state index is -0.953. The van der Waals surface area contributed by atoms with Crippen LogP contribution in [0.4, 0.5) is 4.39 Å². The van der Waals surface area contributed by atoms with Gasteiger partial charge in [-0.3, -0.25) is 4.79 Å². The number of nitrogens with one attached hydrogen (secondary N) is 1. The number of methoxy groups -OCH3 is 1. The van der Waals surface area contributed by atoms with E-state index in [1.807, 2.05) is 55.5 Å². The second-order valence-electron chi connectivity index (χ2n) is 10.1. The van der Waals surface area contributed by atoms with Gasteiger partial charge in [0.05, 0.1) is 18.7 Å². The number of hydrogen-bond donors (Lipinski definition) is 2. The number of carbonyl (C=O) groups excluding carboxylic acids is 1. The molecule has 4 aromatic carbocycles. The standard InChI is InChI=1S/C34H31FN2O4/c1-20-22(3)37(19-23-12-14-24(15-13-23)27-8-5-6-9-28(27)34(39)40)31-17-16-25(18-29(20)31)33(38)36-21(2)26-10-7-11-30(35)32(26)41-4/h5-18,21H,19H2,1-4H3,(H,36,38)(H,39,40)/t21-/m0/s1. The van der Waals surface area contributed by atoms with Crippen LogP contribution in [0.25, 0.3) is 22.0 Å². The number of hydrogen-bond acceptors (Lipinski definition) is 3. The zero-order valence-electron chi connectivity index (χ0n) is 23.4. The first-order chi connectivity index (χ1) is 19.7. The van der Waals surface area contributed by atoms with Gasteiger partial charge in [0.15, 0.2) is 11.6 Å². The van der Waals surface area contributed by atoms with Crippen LogP contribution in [0.2, 0.25) is 0 Å². The lowest BCUT2D eigenvalue weighted by Crippen LogP contribution is -2.27. The SMILES string of the molecule is COc1c(F)cccc1[C@H](C)NC(=O)c1ccc2c(c1)c(C)c(C)n2Cc1ccc(-c2ccccc2C(=O)O)cc1. The second-order valence-corrected chi connectivity index (χ2v) is 10.1. The number of ether oxygens (including phenoxy) is 1. The van der Waals surface area contributed by atoms with Crippen LogP contribution in [-0.4, -0.2) is 28.7 Å². The number of rotatable bonds is 8. The highest BCUT2D eigenvalue weighted by Gasteiger charge is 2.19. The van der Waals surface area contributed by atoms with Gasteiger partial charge in [0.2, 0.25) is 0 Å². The largest absolute Gasteiger partial charge is 0.493 e. The van der Waals surface area contributed by atoms with Crippen LogP contribution >= 0.6 is 0 Å². The molecule has 7 heteroatoms. The van der Waals surface area contributed by atoms with Gasteiger partial charge in [-0.25, -0.2) is 9.18 Å². The molecule has 1 amide bonds. The van der Waals surface area contributed by atoms with E-state index in [1.165, 1.54) is 13.2 Å². The summed E-state index contributed by atoms with van der Waals surface area (Å²) in [5.74, 6) is -1.56. The summed E-state index contributed by atoms with van der Waals surface area (Å²) in [5.41, 5.74) is 7.14. The summed E-state index contributed by atoms with van der Waals surface area (Å²) < 4.78 is 21.6. The lowest BCUT2D eigenvalue weighted by Gasteiger charge is -2.18. The molecule has 6 nitrogen and oxygen atoms in total. The number of aromatic nitrogens is 1. The summed E-state index contributed by atoms with van der Waals surface area (Å²) >= 11 is 0. The lowest BCUT2D eigenvalue weighted by molar-refractivity contribution is 0.0697. The summed E-state index contributed by atoms with van der Waals surface area (Å²) in [6.07, 6.45) is 0. The Bertz CT molecular complexity index is 1770. The third-order valence-corrected chi connectivity index (χ3v) is 7.68. The molecule has 0 fully saturated rings. The van der Waals surface area contributed by atoms with Crippen LogP contribution in [0.5, 0.6) is 5.75 Å². The maximum atomic E-state index is 14.2. The summed E-state index contributed by atoms with van der Waals surface area (Å²) in [5, 5.41) is 13.5. The monoisotopic (exact) mass is 550 g/mol. The molecule has 1 aromatic heterocycles. The molecule has 0 radical (unpaired) electrons. The van der Waals surface area contributed by atoms with E-state index in [0.29, 0.717) is 23.2 Å². The predicted octanol–water partition coefficient (Wildman–Crippen LogP) is 7.31. The first-order valence-corrected chi connectivity index (χ1v) is 13.3. The molecule has 1 heterocycles. The zero-order chi connectivity index (χ0) is 29.3. The van der Waals surface area contributed by atoms with Crippen molar-refractivity contribution in [3.8, 4) is 16.9 Å². The highest BCUT2D eigenvalue weighted by atomic mass is 19.1. The fourth-order valence-corrected chi connectivity index (χ4v) is 5.33. The number of carboxylic acid groups (broad SMARTS) is 1. The quantitative estimate of drug-likeness (QED) is 0.212. The number of halogens is 1. The number of fused-ring (bicyclic) bond motifs is 1. The Morgan fingerprint density at radius 1 is 0.976 bits per heavy atom. The molecular formula is C34H31FN2O4. The zero-order valence-corrected chi connectivity index (χ0v) is 23.4. The van der Waals surface area contributed by atoms with Crippen molar-refractivity contribution in [1.82, 2.24) is 9.88 Å². The number of para-hydroxylation sites is 1. The van der Waals surface area contributed by atoms with Crippen LogP contribution in [0.1, 0.15) is 56.1 Å². The van der Waals surface area contributed by atoms with E-state index >= 15 is 0 Å². The highest BCUT2D eigenvalue weighted by molar-refractivity contribution is 5.99. The molecule has 0 bridgehead atoms. The number of aromatic carboxylic acids is 1. The van der Waals surface area contributed by atoms with Crippen molar-refractivity contribution in [3.63, 3.8) is 0 Å². The van der Waals surface area contributed by atoms with Gasteiger partial charge in [-0.2, -0.15) is 0 Å². The molecule has 0 aliphatic carbocycles. The lowest BCUT2D eigenvalue weighted by atomic mass is 9.99. The van der Waals surface area contributed by atoms with E-state index in [1.54, 1.807) is 37.3 Å². The first-order valence-electron chi connectivity index (χ1n) is 13.3. The molecule has 0 saturated carbocycles. The van der Waals surface area contributed by atoms with Gasteiger partial charge in [-0.15, -0.1) is 0 Å². The Kier molecular flexibility index (Phi) is 7.62. The Labute approximate surface area is 238 Å². The minimum absolute atomic E-state index is 0.124. The molecule has 0 spiro atoms. The van der Waals surface area contributed by atoms with Crippen LogP contribution < -0.4 is 10.1 Å². The van der Waals surface area contributed by atoms with Gasteiger partial charge in [0.1, 0.15) is 0 Å². The van der Waals surface area contributed by atoms with Crippen LogP contribution in [0.15, 0.2) is 84.9 Å². The number of amides is 1. The van der Waals surface area contributed by atoms with Crippen molar-refractivity contribution < 1.29 is 23.8 Å². The summed E-state index contributed by atoms with van der Waals surface area (Å²) in [6, 6.07) is 24.7. The van der Waals surface area contributed by atoms with E-state index < -0.39 is 17.8 Å². The average molecular weight is 551 g/mol. The number of carboxylic acids is 1. The molecule has 2 N–H and O–H groups in total. The molecule has 0 unspecified atom stereocenters. The van der Waals surface area contributed by atoms with Gasteiger partial charge in [0, 0.05) is 34.3 Å².